The minimum atomic E-state index is -0.173. The predicted molar refractivity (Wildman–Crippen MR) is 109 cm³/mol. The molecule has 0 radical (unpaired) electrons. The van der Waals surface area contributed by atoms with E-state index in [-0.39, 0.29) is 24.2 Å². The summed E-state index contributed by atoms with van der Waals surface area (Å²) < 4.78 is 3.22. The van der Waals surface area contributed by atoms with Gasteiger partial charge in [0.2, 0.25) is 5.91 Å². The molecule has 1 fully saturated rings. The number of pyridine rings is 1. The number of aromatic nitrogens is 3. The zero-order chi connectivity index (χ0) is 19.7. The Morgan fingerprint density at radius 2 is 1.96 bits per heavy atom. The van der Waals surface area contributed by atoms with Crippen LogP contribution in [0.5, 0.6) is 0 Å². The van der Waals surface area contributed by atoms with Crippen LogP contribution in [0.15, 0.2) is 53.5 Å². The van der Waals surface area contributed by atoms with Gasteiger partial charge >= 0.3 is 5.69 Å². The standard InChI is InChI=1S/C22H26N4O2/c1-16(2)26-21-19(11-6-12-23-21)25(22(26)28)15-20(27)24-13-7-10-18(14-24)17-8-4-3-5-9-17/h3-6,8-9,11-12,16,18H,7,10,13-15H2,1-2H3. The van der Waals surface area contributed by atoms with Crippen molar-refractivity contribution in [2.24, 2.45) is 0 Å². The van der Waals surface area contributed by atoms with Crippen molar-refractivity contribution in [2.45, 2.75) is 45.2 Å². The van der Waals surface area contributed by atoms with Crippen LogP contribution in [0.1, 0.15) is 44.2 Å². The molecule has 0 aliphatic carbocycles. The van der Waals surface area contributed by atoms with E-state index >= 15 is 0 Å². The number of likely N-dealkylation sites (tertiary alicyclic amines) is 1. The number of rotatable bonds is 4. The summed E-state index contributed by atoms with van der Waals surface area (Å²) in [6, 6.07) is 14.0. The van der Waals surface area contributed by atoms with Gasteiger partial charge in [0.05, 0.1) is 5.52 Å². The lowest BCUT2D eigenvalue weighted by molar-refractivity contribution is -0.133. The van der Waals surface area contributed by atoms with Crippen LogP contribution in [0.25, 0.3) is 11.2 Å². The maximum Gasteiger partial charge on any atom is 0.331 e. The lowest BCUT2D eigenvalue weighted by atomic mass is 9.90. The number of piperidine rings is 1. The number of hydrogen-bond acceptors (Lipinski definition) is 3. The lowest BCUT2D eigenvalue weighted by Gasteiger charge is -2.33. The van der Waals surface area contributed by atoms with Crippen molar-refractivity contribution in [3.05, 3.63) is 64.7 Å². The fraction of sp³-hybridized carbons (Fsp3) is 0.409. The Morgan fingerprint density at radius 3 is 2.71 bits per heavy atom. The van der Waals surface area contributed by atoms with Crippen molar-refractivity contribution in [1.82, 2.24) is 19.0 Å². The fourth-order valence-electron chi connectivity index (χ4n) is 4.16. The highest BCUT2D eigenvalue weighted by Gasteiger charge is 2.26. The van der Waals surface area contributed by atoms with Gasteiger partial charge in [-0.05, 0) is 44.4 Å². The molecule has 3 aromatic rings. The quantitative estimate of drug-likeness (QED) is 0.701. The van der Waals surface area contributed by atoms with Gasteiger partial charge in [0.25, 0.3) is 0 Å². The number of benzene rings is 1. The summed E-state index contributed by atoms with van der Waals surface area (Å²) in [5.74, 6) is 0.351. The average molecular weight is 378 g/mol. The van der Waals surface area contributed by atoms with E-state index < -0.39 is 0 Å². The maximum absolute atomic E-state index is 13.1. The van der Waals surface area contributed by atoms with Crippen LogP contribution in [0, 0.1) is 0 Å². The molecule has 0 spiro atoms. The second-order valence-corrected chi connectivity index (χ2v) is 7.77. The summed E-state index contributed by atoms with van der Waals surface area (Å²) in [6.07, 6.45) is 3.75. The fourth-order valence-corrected chi connectivity index (χ4v) is 4.16. The molecule has 1 aliphatic rings. The van der Waals surface area contributed by atoms with E-state index in [1.807, 2.05) is 43.0 Å². The first-order valence-corrected chi connectivity index (χ1v) is 9.94. The molecule has 6 nitrogen and oxygen atoms in total. The van der Waals surface area contributed by atoms with Crippen molar-refractivity contribution in [3.63, 3.8) is 0 Å². The van der Waals surface area contributed by atoms with Crippen molar-refractivity contribution in [1.29, 1.82) is 0 Å². The van der Waals surface area contributed by atoms with Crippen LogP contribution in [0.2, 0.25) is 0 Å². The SMILES string of the molecule is CC(C)n1c(=O)n(CC(=O)N2CCCC(c3ccccc3)C2)c2cccnc21. The van der Waals surface area contributed by atoms with Gasteiger partial charge in [-0.3, -0.25) is 13.9 Å². The Bertz CT molecular complexity index is 1040. The van der Waals surface area contributed by atoms with Crippen LogP contribution in [0.4, 0.5) is 0 Å². The summed E-state index contributed by atoms with van der Waals surface area (Å²) in [7, 11) is 0. The molecule has 1 saturated heterocycles. The number of hydrogen-bond donors (Lipinski definition) is 0. The summed E-state index contributed by atoms with van der Waals surface area (Å²) in [6.45, 7) is 5.42. The Kier molecular flexibility index (Phi) is 5.03. The van der Waals surface area contributed by atoms with Gasteiger partial charge in [-0.1, -0.05) is 30.3 Å². The Morgan fingerprint density at radius 1 is 1.18 bits per heavy atom. The van der Waals surface area contributed by atoms with E-state index in [0.717, 1.165) is 19.4 Å². The largest absolute Gasteiger partial charge is 0.341 e. The first kappa shape index (κ1) is 18.5. The number of fused-ring (bicyclic) bond motifs is 1. The Hall–Kier alpha value is -2.89. The highest BCUT2D eigenvalue weighted by atomic mass is 16.2. The molecule has 2 aromatic heterocycles. The van der Waals surface area contributed by atoms with Crippen LogP contribution < -0.4 is 5.69 Å². The van der Waals surface area contributed by atoms with Crippen LogP contribution in [-0.4, -0.2) is 38.0 Å². The normalized spacial score (nSPS) is 17.4. The summed E-state index contributed by atoms with van der Waals surface area (Å²) in [5, 5.41) is 0. The van der Waals surface area contributed by atoms with E-state index in [0.29, 0.717) is 23.6 Å². The van der Waals surface area contributed by atoms with Crippen LogP contribution >= 0.6 is 0 Å². The third-order valence-electron chi connectivity index (χ3n) is 5.58. The predicted octanol–water partition coefficient (Wildman–Crippen LogP) is 3.19. The van der Waals surface area contributed by atoms with E-state index in [9.17, 15) is 9.59 Å². The highest BCUT2D eigenvalue weighted by Crippen LogP contribution is 2.27. The molecule has 1 amide bonds. The molecule has 4 rings (SSSR count). The molecular formula is C22H26N4O2. The molecule has 146 valence electrons. The second-order valence-electron chi connectivity index (χ2n) is 7.77. The smallest absolute Gasteiger partial charge is 0.331 e. The summed E-state index contributed by atoms with van der Waals surface area (Å²) in [4.78, 5) is 32.3. The first-order chi connectivity index (χ1) is 13.6. The molecule has 0 N–H and O–H groups in total. The third-order valence-corrected chi connectivity index (χ3v) is 5.58. The number of nitrogens with zero attached hydrogens (tertiary/aromatic N) is 4. The molecule has 1 unspecified atom stereocenters. The molecule has 3 heterocycles. The van der Waals surface area contributed by atoms with Gasteiger partial charge in [0, 0.05) is 31.2 Å². The van der Waals surface area contributed by atoms with Crippen LogP contribution in [-0.2, 0) is 11.3 Å². The third kappa shape index (κ3) is 3.35. The minimum absolute atomic E-state index is 0.00519. The Labute approximate surface area is 164 Å². The molecule has 1 atom stereocenters. The van der Waals surface area contributed by atoms with Crippen molar-refractivity contribution in [2.75, 3.05) is 13.1 Å². The van der Waals surface area contributed by atoms with Gasteiger partial charge in [0.15, 0.2) is 5.65 Å². The number of carbonyl (C=O) groups is 1. The number of carbonyl (C=O) groups excluding carboxylic acids is 1. The maximum atomic E-state index is 13.1. The topological polar surface area (TPSA) is 60.1 Å². The zero-order valence-corrected chi connectivity index (χ0v) is 16.4. The summed E-state index contributed by atoms with van der Waals surface area (Å²) >= 11 is 0. The minimum Gasteiger partial charge on any atom is -0.341 e. The van der Waals surface area contributed by atoms with Crippen molar-refractivity contribution in [3.8, 4) is 0 Å². The monoisotopic (exact) mass is 378 g/mol. The van der Waals surface area contributed by atoms with Gasteiger partial charge in [-0.15, -0.1) is 0 Å². The molecule has 0 bridgehead atoms. The molecule has 1 aliphatic heterocycles. The average Bonchev–Trinajstić information content (AvgIpc) is 3.00. The number of amides is 1. The zero-order valence-electron chi connectivity index (χ0n) is 16.4. The van der Waals surface area contributed by atoms with Crippen molar-refractivity contribution >= 4 is 17.1 Å². The molecule has 28 heavy (non-hydrogen) atoms. The van der Waals surface area contributed by atoms with Gasteiger partial charge in [0.1, 0.15) is 6.54 Å². The second kappa shape index (κ2) is 7.62. The molecule has 0 saturated carbocycles. The molecule has 6 heteroatoms. The summed E-state index contributed by atoms with van der Waals surface area (Å²) in [5.41, 5.74) is 2.45. The highest BCUT2D eigenvalue weighted by molar-refractivity contribution is 5.79. The van der Waals surface area contributed by atoms with E-state index in [1.54, 1.807) is 21.4 Å². The van der Waals surface area contributed by atoms with Crippen molar-refractivity contribution < 1.29 is 4.79 Å². The Balaban J connectivity index is 1.59. The molecular weight excluding hydrogens is 352 g/mol. The van der Waals surface area contributed by atoms with E-state index in [2.05, 4.69) is 17.1 Å². The van der Waals surface area contributed by atoms with Gasteiger partial charge < -0.3 is 4.90 Å². The first-order valence-electron chi connectivity index (χ1n) is 9.94. The lowest BCUT2D eigenvalue weighted by Crippen LogP contribution is -2.42. The number of imidazole rings is 1. The van der Waals surface area contributed by atoms with Gasteiger partial charge in [-0.2, -0.15) is 0 Å². The van der Waals surface area contributed by atoms with E-state index in [4.69, 9.17) is 0 Å². The van der Waals surface area contributed by atoms with Crippen LogP contribution in [0.3, 0.4) is 0 Å². The van der Waals surface area contributed by atoms with Gasteiger partial charge in [-0.25, -0.2) is 9.78 Å². The van der Waals surface area contributed by atoms with E-state index in [1.165, 1.54) is 5.56 Å². The molecule has 1 aromatic carbocycles.